The molecule has 2 aromatic carbocycles. The Morgan fingerprint density at radius 1 is 0.784 bits per heavy atom. The molecule has 0 radical (unpaired) electrons. The zero-order chi connectivity index (χ0) is 27.3. The standard InChI is InChI=1S/C20H24N6O8S3/c1-35(27,28)23-10-9-21-19-24-18(25-20(26-19)22-13-14-5-3-2-4-6-14)12-15-11-16(36(29,30)31)7-8-17(15)37(32,33)34/h2-8,11,23H,9-10,12-13H2,1H3,(H,29,30,31)(H,32,33,34)(H2,21,22,24,25,26). The fraction of sp³-hybridized carbons (Fsp3) is 0.250. The van der Waals surface area contributed by atoms with Crippen LogP contribution in [0.1, 0.15) is 17.0 Å². The Kier molecular flexibility index (Phi) is 8.77. The van der Waals surface area contributed by atoms with E-state index in [9.17, 15) is 34.4 Å². The van der Waals surface area contributed by atoms with Crippen molar-refractivity contribution in [2.24, 2.45) is 0 Å². The van der Waals surface area contributed by atoms with Gasteiger partial charge in [0, 0.05) is 26.1 Å². The third-order valence-electron chi connectivity index (χ3n) is 4.70. The molecule has 0 amide bonds. The summed E-state index contributed by atoms with van der Waals surface area (Å²) in [5, 5.41) is 5.84. The summed E-state index contributed by atoms with van der Waals surface area (Å²) in [6, 6.07) is 11.8. The van der Waals surface area contributed by atoms with Crippen LogP contribution in [0.25, 0.3) is 0 Å². The van der Waals surface area contributed by atoms with Crippen LogP contribution in [0, 0.1) is 0 Å². The van der Waals surface area contributed by atoms with Crippen molar-refractivity contribution in [2.45, 2.75) is 22.8 Å². The second-order valence-electron chi connectivity index (χ2n) is 7.73. The predicted octanol–water partition coefficient (Wildman–Crippen LogP) is 0.529. The summed E-state index contributed by atoms with van der Waals surface area (Å²) in [7, 11) is -12.8. The van der Waals surface area contributed by atoms with Crippen LogP contribution in [0.4, 0.5) is 11.9 Å². The second kappa shape index (κ2) is 11.4. The quantitative estimate of drug-likeness (QED) is 0.148. The first-order chi connectivity index (χ1) is 17.2. The van der Waals surface area contributed by atoms with Crippen LogP contribution in [0.15, 0.2) is 58.3 Å². The van der Waals surface area contributed by atoms with Gasteiger partial charge in [-0.2, -0.15) is 31.8 Å². The van der Waals surface area contributed by atoms with Gasteiger partial charge in [-0.05, 0) is 29.3 Å². The largest absolute Gasteiger partial charge is 0.353 e. The third-order valence-corrected chi connectivity index (χ3v) is 7.24. The summed E-state index contributed by atoms with van der Waals surface area (Å²) in [6.07, 6.45) is 0.643. The highest BCUT2D eigenvalue weighted by atomic mass is 32.2. The minimum Gasteiger partial charge on any atom is -0.353 e. The second-order valence-corrected chi connectivity index (χ2v) is 12.4. The van der Waals surface area contributed by atoms with E-state index in [0.29, 0.717) is 6.54 Å². The lowest BCUT2D eigenvalue weighted by Crippen LogP contribution is -2.28. The average Bonchev–Trinajstić information content (AvgIpc) is 2.79. The molecule has 0 unspecified atom stereocenters. The van der Waals surface area contributed by atoms with E-state index in [0.717, 1.165) is 30.0 Å². The van der Waals surface area contributed by atoms with Gasteiger partial charge in [0.1, 0.15) is 5.82 Å². The average molecular weight is 573 g/mol. The van der Waals surface area contributed by atoms with E-state index in [4.69, 9.17) is 0 Å². The van der Waals surface area contributed by atoms with Crippen LogP contribution in [0.5, 0.6) is 0 Å². The van der Waals surface area contributed by atoms with E-state index >= 15 is 0 Å². The Morgan fingerprint density at radius 2 is 1.43 bits per heavy atom. The van der Waals surface area contributed by atoms with Gasteiger partial charge in [-0.15, -0.1) is 0 Å². The van der Waals surface area contributed by atoms with Crippen molar-refractivity contribution in [1.29, 1.82) is 0 Å². The van der Waals surface area contributed by atoms with E-state index in [-0.39, 0.29) is 42.8 Å². The highest BCUT2D eigenvalue weighted by molar-refractivity contribution is 7.88. The first-order valence-corrected chi connectivity index (χ1v) is 15.3. The van der Waals surface area contributed by atoms with Gasteiger partial charge in [-0.3, -0.25) is 9.11 Å². The fourth-order valence-electron chi connectivity index (χ4n) is 3.12. The fourth-order valence-corrected chi connectivity index (χ4v) is 4.83. The summed E-state index contributed by atoms with van der Waals surface area (Å²) in [6.45, 7) is 0.451. The van der Waals surface area contributed by atoms with Crippen LogP contribution in [-0.4, -0.2) is 68.7 Å². The van der Waals surface area contributed by atoms with Crippen LogP contribution in [0.2, 0.25) is 0 Å². The summed E-state index contributed by atoms with van der Waals surface area (Å²) < 4.78 is 90.7. The highest BCUT2D eigenvalue weighted by Gasteiger charge is 2.21. The molecule has 5 N–H and O–H groups in total. The van der Waals surface area contributed by atoms with Crippen molar-refractivity contribution in [3.63, 3.8) is 0 Å². The smallest absolute Gasteiger partial charge is 0.294 e. The molecule has 0 atom stereocenters. The molecule has 200 valence electrons. The molecule has 14 nitrogen and oxygen atoms in total. The van der Waals surface area contributed by atoms with E-state index in [1.807, 2.05) is 30.3 Å². The van der Waals surface area contributed by atoms with Gasteiger partial charge >= 0.3 is 0 Å². The maximum absolute atomic E-state index is 11.9. The molecule has 0 aliphatic heterocycles. The highest BCUT2D eigenvalue weighted by Crippen LogP contribution is 2.23. The predicted molar refractivity (Wildman–Crippen MR) is 134 cm³/mol. The molecule has 3 rings (SSSR count). The molecule has 0 aliphatic rings. The van der Waals surface area contributed by atoms with Gasteiger partial charge in [0.05, 0.1) is 16.0 Å². The summed E-state index contributed by atoms with van der Waals surface area (Å²) in [5.41, 5.74) is 0.716. The Labute approximate surface area is 214 Å². The zero-order valence-electron chi connectivity index (χ0n) is 19.4. The minimum atomic E-state index is -4.76. The van der Waals surface area contributed by atoms with Crippen molar-refractivity contribution in [3.8, 4) is 0 Å². The molecule has 17 heteroatoms. The van der Waals surface area contributed by atoms with Crippen LogP contribution >= 0.6 is 0 Å². The number of hydrogen-bond acceptors (Lipinski definition) is 11. The first kappa shape index (κ1) is 28.4. The molecule has 1 aromatic heterocycles. The lowest BCUT2D eigenvalue weighted by Gasteiger charge is -2.12. The lowest BCUT2D eigenvalue weighted by atomic mass is 10.1. The van der Waals surface area contributed by atoms with Gasteiger partial charge < -0.3 is 10.6 Å². The van der Waals surface area contributed by atoms with E-state index in [1.54, 1.807) is 0 Å². The number of sulfonamides is 1. The maximum Gasteiger partial charge on any atom is 0.294 e. The van der Waals surface area contributed by atoms with E-state index < -0.39 is 40.1 Å². The van der Waals surface area contributed by atoms with Crippen LogP contribution < -0.4 is 15.4 Å². The summed E-state index contributed by atoms with van der Waals surface area (Å²) in [4.78, 5) is 11.5. The molecule has 37 heavy (non-hydrogen) atoms. The SMILES string of the molecule is CS(=O)(=O)NCCNc1nc(Cc2cc(S(=O)(=O)O)ccc2S(=O)(=O)O)nc(NCc2ccccc2)n1. The van der Waals surface area contributed by atoms with E-state index in [1.165, 1.54) is 0 Å². The summed E-state index contributed by atoms with van der Waals surface area (Å²) in [5.74, 6) is 0.100. The van der Waals surface area contributed by atoms with E-state index in [2.05, 4.69) is 30.3 Å². The Bertz CT molecular complexity index is 1580. The molecule has 0 saturated heterocycles. The monoisotopic (exact) mass is 572 g/mol. The van der Waals surface area contributed by atoms with Gasteiger partial charge in [0.25, 0.3) is 20.2 Å². The first-order valence-electron chi connectivity index (χ1n) is 10.5. The number of nitrogens with zero attached hydrogens (tertiary/aromatic N) is 3. The molecule has 0 saturated carbocycles. The zero-order valence-corrected chi connectivity index (χ0v) is 21.8. The molecule has 3 aromatic rings. The topological polar surface area (TPSA) is 218 Å². The Hall–Kier alpha value is -3.22. The van der Waals surface area contributed by atoms with Crippen molar-refractivity contribution in [2.75, 3.05) is 30.0 Å². The Balaban J connectivity index is 1.95. The lowest BCUT2D eigenvalue weighted by molar-refractivity contribution is 0.477. The third kappa shape index (κ3) is 8.99. The van der Waals surface area contributed by atoms with Crippen molar-refractivity contribution < 1.29 is 34.4 Å². The normalized spacial score (nSPS) is 12.3. The Morgan fingerprint density at radius 3 is 2.03 bits per heavy atom. The number of hydrogen-bond donors (Lipinski definition) is 5. The molecule has 0 fully saturated rings. The number of rotatable bonds is 12. The molecule has 0 aliphatic carbocycles. The number of nitrogens with one attached hydrogen (secondary N) is 3. The molecular formula is C20H24N6O8S3. The van der Waals surface area contributed by atoms with Gasteiger partial charge in [-0.25, -0.2) is 13.1 Å². The molecule has 1 heterocycles. The molecule has 0 bridgehead atoms. The number of benzene rings is 2. The van der Waals surface area contributed by atoms with Crippen molar-refractivity contribution in [3.05, 3.63) is 65.5 Å². The maximum atomic E-state index is 11.9. The minimum absolute atomic E-state index is 0.0125. The number of aromatic nitrogens is 3. The summed E-state index contributed by atoms with van der Waals surface area (Å²) >= 11 is 0. The van der Waals surface area contributed by atoms with Gasteiger partial charge in [0.15, 0.2) is 0 Å². The number of anilines is 2. The van der Waals surface area contributed by atoms with Gasteiger partial charge in [-0.1, -0.05) is 30.3 Å². The molecular weight excluding hydrogens is 548 g/mol. The van der Waals surface area contributed by atoms with Crippen molar-refractivity contribution >= 4 is 42.2 Å². The van der Waals surface area contributed by atoms with Crippen molar-refractivity contribution in [1.82, 2.24) is 19.7 Å². The van der Waals surface area contributed by atoms with Crippen LogP contribution in [-0.2, 0) is 43.2 Å². The van der Waals surface area contributed by atoms with Crippen LogP contribution in [0.3, 0.4) is 0 Å². The molecule has 0 spiro atoms. The van der Waals surface area contributed by atoms with Gasteiger partial charge in [0.2, 0.25) is 21.9 Å².